The zero-order valence-corrected chi connectivity index (χ0v) is 11.8. The Labute approximate surface area is 114 Å². The molecule has 0 bridgehead atoms. The van der Waals surface area contributed by atoms with Crippen molar-refractivity contribution in [3.63, 3.8) is 0 Å². The van der Waals surface area contributed by atoms with Gasteiger partial charge in [-0.15, -0.1) is 0 Å². The van der Waals surface area contributed by atoms with E-state index in [1.165, 1.54) is 6.07 Å². The average molecular weight is 314 g/mol. The molecule has 0 radical (unpaired) electrons. The van der Waals surface area contributed by atoms with Crippen LogP contribution in [0.1, 0.15) is 29.6 Å². The van der Waals surface area contributed by atoms with E-state index in [2.05, 4.69) is 21.2 Å². The van der Waals surface area contributed by atoms with E-state index >= 15 is 0 Å². The number of phenols is 1. The van der Waals surface area contributed by atoms with Gasteiger partial charge in [-0.25, -0.2) is 0 Å². The number of halogens is 1. The Hall–Kier alpha value is -1.07. The van der Waals surface area contributed by atoms with Gasteiger partial charge in [0.05, 0.1) is 11.2 Å². The monoisotopic (exact) mass is 313 g/mol. The van der Waals surface area contributed by atoms with Crippen molar-refractivity contribution >= 4 is 21.8 Å². The molecule has 0 spiro atoms. The van der Waals surface area contributed by atoms with Crippen LogP contribution in [-0.2, 0) is 4.74 Å². The molecule has 5 heteroatoms. The third-order valence-corrected chi connectivity index (χ3v) is 3.97. The molecule has 0 atom stereocenters. The zero-order valence-electron chi connectivity index (χ0n) is 10.2. The maximum absolute atomic E-state index is 12.0. The Morgan fingerprint density at radius 1 is 1.56 bits per heavy atom. The smallest absolute Gasteiger partial charge is 0.255 e. The lowest BCUT2D eigenvalue weighted by molar-refractivity contribution is -0.0679. The van der Waals surface area contributed by atoms with Crippen molar-refractivity contribution < 1.29 is 14.6 Å². The highest BCUT2D eigenvalue weighted by Crippen LogP contribution is 2.34. The molecule has 0 unspecified atom stereocenters. The first-order chi connectivity index (χ1) is 8.56. The van der Waals surface area contributed by atoms with Crippen LogP contribution in [0.5, 0.6) is 5.75 Å². The molecule has 1 aromatic rings. The third-order valence-electron chi connectivity index (χ3n) is 3.47. The van der Waals surface area contributed by atoms with Crippen molar-refractivity contribution in [2.75, 3.05) is 13.7 Å². The summed E-state index contributed by atoms with van der Waals surface area (Å²) >= 11 is 3.28. The third kappa shape index (κ3) is 2.67. The fourth-order valence-corrected chi connectivity index (χ4v) is 2.41. The first kappa shape index (κ1) is 13.4. The molecule has 0 aromatic heterocycles. The molecule has 0 aliphatic heterocycles. The second-order valence-corrected chi connectivity index (χ2v) is 5.50. The molecule has 1 aliphatic carbocycles. The van der Waals surface area contributed by atoms with Crippen molar-refractivity contribution in [1.82, 2.24) is 5.32 Å². The summed E-state index contributed by atoms with van der Waals surface area (Å²) in [7, 11) is 1.67. The van der Waals surface area contributed by atoms with Crippen LogP contribution in [0.15, 0.2) is 22.7 Å². The predicted molar refractivity (Wildman–Crippen MR) is 71.7 cm³/mol. The normalized spacial score (nSPS) is 17.0. The quantitative estimate of drug-likeness (QED) is 0.897. The number of carbonyl (C=O) groups excluding carboxylic acids is 1. The van der Waals surface area contributed by atoms with Crippen LogP contribution >= 0.6 is 15.9 Å². The summed E-state index contributed by atoms with van der Waals surface area (Å²) in [5, 5.41) is 12.5. The number of nitrogens with one attached hydrogen (secondary N) is 1. The largest absolute Gasteiger partial charge is 0.507 e. The highest BCUT2D eigenvalue weighted by molar-refractivity contribution is 9.10. The lowest BCUT2D eigenvalue weighted by Gasteiger charge is -2.40. The Morgan fingerprint density at radius 3 is 2.83 bits per heavy atom. The van der Waals surface area contributed by atoms with Gasteiger partial charge in [0.2, 0.25) is 0 Å². The molecule has 4 nitrogen and oxygen atoms in total. The molecule has 98 valence electrons. The fraction of sp³-hybridized carbons (Fsp3) is 0.462. The van der Waals surface area contributed by atoms with Gasteiger partial charge in [-0.3, -0.25) is 4.79 Å². The number of rotatable bonds is 4. The van der Waals surface area contributed by atoms with Crippen molar-refractivity contribution in [1.29, 1.82) is 0 Å². The van der Waals surface area contributed by atoms with Crippen LogP contribution in [-0.4, -0.2) is 30.3 Å². The van der Waals surface area contributed by atoms with Gasteiger partial charge in [0.15, 0.2) is 0 Å². The van der Waals surface area contributed by atoms with Gasteiger partial charge in [-0.05, 0) is 37.5 Å². The molecule has 1 aromatic carbocycles. The number of hydrogen-bond donors (Lipinski definition) is 2. The molecular formula is C13H16BrNO3. The number of ether oxygens (including phenoxy) is 1. The van der Waals surface area contributed by atoms with Crippen molar-refractivity contribution in [2.45, 2.75) is 24.9 Å². The lowest BCUT2D eigenvalue weighted by atomic mass is 9.80. The number of amides is 1. The highest BCUT2D eigenvalue weighted by Gasteiger charge is 2.37. The van der Waals surface area contributed by atoms with Crippen LogP contribution < -0.4 is 5.32 Å². The van der Waals surface area contributed by atoms with E-state index in [1.807, 2.05) is 0 Å². The fourth-order valence-electron chi connectivity index (χ4n) is 2.05. The van der Waals surface area contributed by atoms with Crippen molar-refractivity contribution in [2.24, 2.45) is 0 Å². The van der Waals surface area contributed by atoms with E-state index in [0.29, 0.717) is 6.54 Å². The number of aromatic hydroxyl groups is 1. The molecule has 1 aliphatic rings. The predicted octanol–water partition coefficient (Wildman–Crippen LogP) is 2.45. The number of phenolic OH excluding ortho intramolecular Hbond substituents is 1. The SMILES string of the molecule is COC1(CNC(=O)c2cc(Br)ccc2O)CCC1. The van der Waals surface area contributed by atoms with Gasteiger partial charge < -0.3 is 15.2 Å². The van der Waals surface area contributed by atoms with Crippen LogP contribution in [0.25, 0.3) is 0 Å². The number of methoxy groups -OCH3 is 1. The zero-order chi connectivity index (χ0) is 13.2. The van der Waals surface area contributed by atoms with Gasteiger partial charge in [0.25, 0.3) is 5.91 Å². The molecule has 18 heavy (non-hydrogen) atoms. The highest BCUT2D eigenvalue weighted by atomic mass is 79.9. The van der Waals surface area contributed by atoms with Crippen LogP contribution in [0.4, 0.5) is 0 Å². The number of hydrogen-bond acceptors (Lipinski definition) is 3. The summed E-state index contributed by atoms with van der Waals surface area (Å²) in [6, 6.07) is 4.79. The molecule has 1 saturated carbocycles. The summed E-state index contributed by atoms with van der Waals surface area (Å²) in [5.74, 6) is -0.298. The van der Waals surface area contributed by atoms with Crippen LogP contribution in [0, 0.1) is 0 Å². The average Bonchev–Trinajstić information content (AvgIpc) is 2.31. The van der Waals surface area contributed by atoms with Gasteiger partial charge >= 0.3 is 0 Å². The van der Waals surface area contributed by atoms with E-state index in [4.69, 9.17) is 4.74 Å². The van der Waals surface area contributed by atoms with Gasteiger partial charge in [0.1, 0.15) is 5.75 Å². The van der Waals surface area contributed by atoms with E-state index in [-0.39, 0.29) is 22.8 Å². The second-order valence-electron chi connectivity index (χ2n) is 4.58. The van der Waals surface area contributed by atoms with Crippen LogP contribution in [0.3, 0.4) is 0 Å². The van der Waals surface area contributed by atoms with Crippen molar-refractivity contribution in [3.8, 4) is 5.75 Å². The summed E-state index contributed by atoms with van der Waals surface area (Å²) < 4.78 is 6.19. The molecule has 2 N–H and O–H groups in total. The standard InChI is InChI=1S/C13H16BrNO3/c1-18-13(5-2-6-13)8-15-12(17)10-7-9(14)3-4-11(10)16/h3-4,7,16H,2,5-6,8H2,1H3,(H,15,17). The van der Waals surface area contributed by atoms with E-state index in [9.17, 15) is 9.90 Å². The molecule has 1 fully saturated rings. The summed E-state index contributed by atoms with van der Waals surface area (Å²) in [4.78, 5) is 12.0. The topological polar surface area (TPSA) is 58.6 Å². The van der Waals surface area contributed by atoms with Gasteiger partial charge in [0, 0.05) is 18.1 Å². The Balaban J connectivity index is 2.01. The first-order valence-corrected chi connectivity index (χ1v) is 6.67. The Kier molecular flexibility index (Phi) is 3.92. The van der Waals surface area contributed by atoms with E-state index in [1.54, 1.807) is 19.2 Å². The Bertz CT molecular complexity index is 452. The molecule has 1 amide bonds. The minimum atomic E-state index is -0.280. The molecule has 0 saturated heterocycles. The molecule has 0 heterocycles. The minimum absolute atomic E-state index is 0.0178. The Morgan fingerprint density at radius 2 is 2.28 bits per heavy atom. The van der Waals surface area contributed by atoms with E-state index < -0.39 is 0 Å². The summed E-state index contributed by atoms with van der Waals surface area (Å²) in [6.45, 7) is 0.480. The maximum atomic E-state index is 12.0. The summed E-state index contributed by atoms with van der Waals surface area (Å²) in [5.41, 5.74) is 0.0621. The lowest BCUT2D eigenvalue weighted by Crippen LogP contribution is -2.49. The number of carbonyl (C=O) groups is 1. The van der Waals surface area contributed by atoms with Gasteiger partial charge in [-0.2, -0.15) is 0 Å². The second kappa shape index (κ2) is 5.28. The van der Waals surface area contributed by atoms with Crippen LogP contribution in [0.2, 0.25) is 0 Å². The van der Waals surface area contributed by atoms with E-state index in [0.717, 1.165) is 23.7 Å². The number of benzene rings is 1. The summed E-state index contributed by atoms with van der Waals surface area (Å²) in [6.07, 6.45) is 3.06. The molecular weight excluding hydrogens is 298 g/mol. The first-order valence-electron chi connectivity index (χ1n) is 5.88. The minimum Gasteiger partial charge on any atom is -0.507 e. The van der Waals surface area contributed by atoms with Gasteiger partial charge in [-0.1, -0.05) is 15.9 Å². The maximum Gasteiger partial charge on any atom is 0.255 e. The van der Waals surface area contributed by atoms with Crippen molar-refractivity contribution in [3.05, 3.63) is 28.2 Å². The molecule has 2 rings (SSSR count).